The number of carbonyl (C=O) groups excluding carboxylic acids is 1. The topological polar surface area (TPSA) is 178 Å². The average Bonchev–Trinajstić information content (AvgIpc) is 2.68. The van der Waals surface area contributed by atoms with Crippen molar-refractivity contribution in [2.75, 3.05) is 44.7 Å². The molecule has 0 aliphatic rings. The summed E-state index contributed by atoms with van der Waals surface area (Å²) >= 11 is 0. The molecule has 0 aliphatic heterocycles. The Morgan fingerprint density at radius 1 is 1.14 bits per heavy atom. The van der Waals surface area contributed by atoms with Gasteiger partial charge < -0.3 is 31.0 Å². The van der Waals surface area contributed by atoms with E-state index in [1.807, 2.05) is 0 Å². The fourth-order valence-electron chi connectivity index (χ4n) is 2.63. The molecule has 0 atom stereocenters. The van der Waals surface area contributed by atoms with E-state index in [4.69, 9.17) is 25.7 Å². The number of Topliss-reactive ketones (excluding diaryl/α,β-unsaturated/α-hetero) is 1. The van der Waals surface area contributed by atoms with Gasteiger partial charge in [0, 0.05) is 6.42 Å². The fraction of sp³-hybridized carbons (Fsp3) is 0.353. The largest absolute Gasteiger partial charge is 0.493 e. The molecule has 0 amide bonds. The number of aryl methyl sites for hydroxylation is 1. The Bertz CT molecular complexity index is 895. The fourth-order valence-corrected chi connectivity index (χ4v) is 2.63. The summed E-state index contributed by atoms with van der Waals surface area (Å²) in [4.78, 5) is 29.9. The Hall–Kier alpha value is -3.83. The zero-order chi connectivity index (χ0) is 21.6. The number of ketones is 1. The third-order valence-electron chi connectivity index (χ3n) is 3.98. The van der Waals surface area contributed by atoms with Gasteiger partial charge in [0.1, 0.15) is 0 Å². The molecule has 156 valence electrons. The Kier molecular flexibility index (Phi) is 6.95. The highest BCUT2D eigenvalue weighted by atomic mass is 16.6. The Balaban J connectivity index is 2.06. The summed E-state index contributed by atoms with van der Waals surface area (Å²) < 4.78 is 15.8. The Labute approximate surface area is 166 Å². The number of nitro groups is 1. The summed E-state index contributed by atoms with van der Waals surface area (Å²) in [5.41, 5.74) is 11.2. The van der Waals surface area contributed by atoms with Crippen molar-refractivity contribution in [1.82, 2.24) is 9.97 Å². The lowest BCUT2D eigenvalue weighted by Gasteiger charge is -2.14. The SMILES string of the molecule is COc1cc(CCC(=O)CNc2nc(N)nc(N)c2[N+](=O)[O-])cc(OC)c1OC. The van der Waals surface area contributed by atoms with E-state index in [-0.39, 0.29) is 36.3 Å². The molecule has 0 bridgehead atoms. The lowest BCUT2D eigenvalue weighted by Crippen LogP contribution is -2.17. The van der Waals surface area contributed by atoms with Gasteiger partial charge >= 0.3 is 5.69 Å². The Morgan fingerprint density at radius 3 is 2.28 bits per heavy atom. The predicted molar refractivity (Wildman–Crippen MR) is 105 cm³/mol. The van der Waals surface area contributed by atoms with Gasteiger partial charge in [-0.25, -0.2) is 0 Å². The van der Waals surface area contributed by atoms with Crippen LogP contribution in [0.25, 0.3) is 0 Å². The van der Waals surface area contributed by atoms with Crippen molar-refractivity contribution < 1.29 is 23.9 Å². The van der Waals surface area contributed by atoms with Gasteiger partial charge in [-0.3, -0.25) is 14.9 Å². The molecule has 5 N–H and O–H groups in total. The van der Waals surface area contributed by atoms with E-state index in [0.29, 0.717) is 23.7 Å². The minimum atomic E-state index is -0.739. The molecular formula is C17H22N6O6. The summed E-state index contributed by atoms with van der Waals surface area (Å²) in [6.07, 6.45) is 0.558. The minimum Gasteiger partial charge on any atom is -0.493 e. The van der Waals surface area contributed by atoms with E-state index in [1.54, 1.807) is 12.1 Å². The molecule has 0 saturated carbocycles. The molecule has 0 spiro atoms. The first-order valence-corrected chi connectivity index (χ1v) is 8.42. The number of ether oxygens (including phenoxy) is 3. The number of nitrogens with one attached hydrogen (secondary N) is 1. The Morgan fingerprint density at radius 2 is 1.76 bits per heavy atom. The van der Waals surface area contributed by atoms with Crippen LogP contribution in [0, 0.1) is 10.1 Å². The van der Waals surface area contributed by atoms with Gasteiger partial charge in [-0.05, 0) is 24.1 Å². The monoisotopic (exact) mass is 406 g/mol. The maximum Gasteiger partial charge on any atom is 0.353 e. The first kappa shape index (κ1) is 21.5. The highest BCUT2D eigenvalue weighted by Crippen LogP contribution is 2.38. The summed E-state index contributed by atoms with van der Waals surface area (Å²) in [5.74, 6) is 0.392. The summed E-state index contributed by atoms with van der Waals surface area (Å²) in [6, 6.07) is 3.50. The number of nitrogens with two attached hydrogens (primary N) is 2. The van der Waals surface area contributed by atoms with Crippen LogP contribution in [0.4, 0.5) is 23.3 Å². The van der Waals surface area contributed by atoms with E-state index in [1.165, 1.54) is 21.3 Å². The summed E-state index contributed by atoms with van der Waals surface area (Å²) in [7, 11) is 4.51. The molecule has 0 aliphatic carbocycles. The molecule has 12 nitrogen and oxygen atoms in total. The smallest absolute Gasteiger partial charge is 0.353 e. The van der Waals surface area contributed by atoms with E-state index in [9.17, 15) is 14.9 Å². The number of aromatic nitrogens is 2. The molecule has 12 heteroatoms. The standard InChI is InChI=1S/C17H22N6O6/c1-27-11-6-9(7-12(28-2)14(11)29-3)4-5-10(24)8-20-16-13(23(25)26)15(18)21-17(19)22-16/h6-7H,4-5,8H2,1-3H3,(H5,18,19,20,21,22). The second kappa shape index (κ2) is 9.39. The van der Waals surface area contributed by atoms with Crippen molar-refractivity contribution in [1.29, 1.82) is 0 Å². The zero-order valence-corrected chi connectivity index (χ0v) is 16.2. The normalized spacial score (nSPS) is 10.3. The summed E-state index contributed by atoms with van der Waals surface area (Å²) in [6.45, 7) is -0.193. The van der Waals surface area contributed by atoms with Crippen LogP contribution in [0.2, 0.25) is 0 Å². The second-order valence-electron chi connectivity index (χ2n) is 5.85. The number of benzene rings is 1. The predicted octanol–water partition coefficient (Wildman–Crippen LogP) is 1.19. The van der Waals surface area contributed by atoms with Crippen LogP contribution >= 0.6 is 0 Å². The summed E-state index contributed by atoms with van der Waals surface area (Å²) in [5, 5.41) is 13.7. The molecular weight excluding hydrogens is 384 g/mol. The average molecular weight is 406 g/mol. The maximum atomic E-state index is 12.2. The van der Waals surface area contributed by atoms with E-state index < -0.39 is 10.6 Å². The van der Waals surface area contributed by atoms with Crippen LogP contribution in [-0.4, -0.2) is 48.5 Å². The van der Waals surface area contributed by atoms with Crippen LogP contribution in [0.5, 0.6) is 17.2 Å². The quantitative estimate of drug-likeness (QED) is 0.381. The van der Waals surface area contributed by atoms with Crippen LogP contribution in [0.3, 0.4) is 0 Å². The van der Waals surface area contributed by atoms with Crippen molar-refractivity contribution in [3.05, 3.63) is 27.8 Å². The number of nitrogen functional groups attached to an aromatic ring is 2. The molecule has 0 fully saturated rings. The number of carbonyl (C=O) groups is 1. The lowest BCUT2D eigenvalue weighted by atomic mass is 10.1. The number of hydrogen-bond donors (Lipinski definition) is 3. The van der Waals surface area contributed by atoms with Gasteiger partial charge in [0.05, 0.1) is 32.8 Å². The molecule has 2 rings (SSSR count). The van der Waals surface area contributed by atoms with Crippen molar-refractivity contribution >= 4 is 29.1 Å². The van der Waals surface area contributed by atoms with E-state index in [0.717, 1.165) is 5.56 Å². The number of anilines is 3. The maximum absolute atomic E-state index is 12.2. The van der Waals surface area contributed by atoms with Gasteiger partial charge in [0.2, 0.25) is 23.3 Å². The highest BCUT2D eigenvalue weighted by Gasteiger charge is 2.23. The molecule has 1 aromatic heterocycles. The second-order valence-corrected chi connectivity index (χ2v) is 5.85. The minimum absolute atomic E-state index is 0.162. The molecule has 1 heterocycles. The molecule has 0 radical (unpaired) electrons. The number of rotatable bonds is 10. The van der Waals surface area contributed by atoms with Gasteiger partial charge in [0.15, 0.2) is 17.3 Å². The molecule has 29 heavy (non-hydrogen) atoms. The van der Waals surface area contributed by atoms with Crippen molar-refractivity contribution in [2.24, 2.45) is 0 Å². The molecule has 0 unspecified atom stereocenters. The van der Waals surface area contributed by atoms with Crippen molar-refractivity contribution in [3.8, 4) is 17.2 Å². The molecule has 1 aromatic carbocycles. The first-order chi connectivity index (χ1) is 13.8. The van der Waals surface area contributed by atoms with Crippen molar-refractivity contribution in [2.45, 2.75) is 12.8 Å². The zero-order valence-electron chi connectivity index (χ0n) is 16.2. The van der Waals surface area contributed by atoms with Crippen LogP contribution in [0.15, 0.2) is 12.1 Å². The highest BCUT2D eigenvalue weighted by molar-refractivity contribution is 5.84. The first-order valence-electron chi connectivity index (χ1n) is 8.42. The van der Waals surface area contributed by atoms with Crippen LogP contribution in [0.1, 0.15) is 12.0 Å². The van der Waals surface area contributed by atoms with Gasteiger partial charge in [-0.15, -0.1) is 0 Å². The number of hydrogen-bond acceptors (Lipinski definition) is 11. The third-order valence-corrected chi connectivity index (χ3v) is 3.98. The van der Waals surface area contributed by atoms with Gasteiger partial charge in [-0.1, -0.05) is 0 Å². The van der Waals surface area contributed by atoms with E-state index >= 15 is 0 Å². The number of methoxy groups -OCH3 is 3. The van der Waals surface area contributed by atoms with Crippen LogP contribution in [-0.2, 0) is 11.2 Å². The molecule has 2 aromatic rings. The van der Waals surface area contributed by atoms with Gasteiger partial charge in [0.25, 0.3) is 0 Å². The number of nitrogens with zero attached hydrogens (tertiary/aromatic N) is 3. The van der Waals surface area contributed by atoms with E-state index in [2.05, 4.69) is 15.3 Å². The molecule has 0 saturated heterocycles. The lowest BCUT2D eigenvalue weighted by molar-refractivity contribution is -0.383. The van der Waals surface area contributed by atoms with Gasteiger partial charge in [-0.2, -0.15) is 9.97 Å². The van der Waals surface area contributed by atoms with Crippen LogP contribution < -0.4 is 31.0 Å². The third kappa shape index (κ3) is 5.12. The van der Waals surface area contributed by atoms with Crippen molar-refractivity contribution in [3.63, 3.8) is 0 Å².